The van der Waals surface area contributed by atoms with Gasteiger partial charge in [0.2, 0.25) is 0 Å². The van der Waals surface area contributed by atoms with Gasteiger partial charge in [-0.1, -0.05) is 24.1 Å². The molecule has 2 aromatic carbocycles. The van der Waals surface area contributed by atoms with E-state index < -0.39 is 0 Å². The van der Waals surface area contributed by atoms with E-state index in [4.69, 9.17) is 16.3 Å². The molecule has 2 amide bonds. The topological polar surface area (TPSA) is 58.6 Å². The van der Waals surface area contributed by atoms with Crippen LogP contribution in [-0.2, 0) is 0 Å². The van der Waals surface area contributed by atoms with Crippen molar-refractivity contribution in [3.8, 4) is 5.75 Å². The lowest BCUT2D eigenvalue weighted by Gasteiger charge is -2.18. The van der Waals surface area contributed by atoms with Crippen LogP contribution < -0.4 is 10.1 Å². The van der Waals surface area contributed by atoms with Crippen molar-refractivity contribution >= 4 is 29.1 Å². The molecule has 2 aliphatic rings. The van der Waals surface area contributed by atoms with E-state index in [1.807, 2.05) is 24.0 Å². The molecule has 1 saturated heterocycles. The second-order valence-corrected chi connectivity index (χ2v) is 8.43. The van der Waals surface area contributed by atoms with Crippen LogP contribution in [0.5, 0.6) is 5.75 Å². The number of amides is 2. The quantitative estimate of drug-likeness (QED) is 0.786. The molecule has 6 heteroatoms. The SMILES string of the molecule is COc1ccc(Cl)cc1C(=O)Nc1cc(C(=O)N2C[C@H]3CCC[C@H]3C2)ccc1C. The first-order valence-electron chi connectivity index (χ1n) is 10.0. The van der Waals surface area contributed by atoms with Crippen LogP contribution in [0.25, 0.3) is 0 Å². The summed E-state index contributed by atoms with van der Waals surface area (Å²) in [6, 6.07) is 10.4. The molecule has 0 radical (unpaired) electrons. The van der Waals surface area contributed by atoms with Crippen molar-refractivity contribution in [2.75, 3.05) is 25.5 Å². The maximum Gasteiger partial charge on any atom is 0.259 e. The zero-order chi connectivity index (χ0) is 20.5. The van der Waals surface area contributed by atoms with Gasteiger partial charge in [-0.3, -0.25) is 9.59 Å². The van der Waals surface area contributed by atoms with E-state index in [-0.39, 0.29) is 11.8 Å². The van der Waals surface area contributed by atoms with Crippen LogP contribution in [0, 0.1) is 18.8 Å². The fourth-order valence-electron chi connectivity index (χ4n) is 4.52. The lowest BCUT2D eigenvalue weighted by atomic mass is 10.0. The van der Waals surface area contributed by atoms with Gasteiger partial charge >= 0.3 is 0 Å². The number of nitrogens with one attached hydrogen (secondary N) is 1. The molecule has 1 saturated carbocycles. The second kappa shape index (κ2) is 8.07. The molecule has 5 nitrogen and oxygen atoms in total. The normalized spacial score (nSPS) is 20.4. The number of methoxy groups -OCH3 is 1. The molecular weight excluding hydrogens is 388 g/mol. The molecule has 0 aromatic heterocycles. The van der Waals surface area contributed by atoms with Crippen molar-refractivity contribution in [1.82, 2.24) is 4.90 Å². The van der Waals surface area contributed by atoms with Crippen molar-refractivity contribution in [3.63, 3.8) is 0 Å². The fourth-order valence-corrected chi connectivity index (χ4v) is 4.69. The highest BCUT2D eigenvalue weighted by Crippen LogP contribution is 2.38. The molecule has 0 spiro atoms. The molecule has 152 valence electrons. The third-order valence-corrected chi connectivity index (χ3v) is 6.39. The Morgan fingerprint density at radius 3 is 2.52 bits per heavy atom. The zero-order valence-corrected chi connectivity index (χ0v) is 17.5. The summed E-state index contributed by atoms with van der Waals surface area (Å²) in [6.45, 7) is 3.59. The Labute approximate surface area is 176 Å². The van der Waals surface area contributed by atoms with E-state index in [0.717, 1.165) is 18.7 Å². The molecule has 0 unspecified atom stereocenters. The first kappa shape index (κ1) is 19.8. The van der Waals surface area contributed by atoms with Gasteiger partial charge in [-0.25, -0.2) is 0 Å². The summed E-state index contributed by atoms with van der Waals surface area (Å²) in [7, 11) is 1.51. The molecule has 1 aliphatic carbocycles. The molecule has 2 fully saturated rings. The van der Waals surface area contributed by atoms with Crippen LogP contribution in [-0.4, -0.2) is 36.9 Å². The molecule has 4 rings (SSSR count). The van der Waals surface area contributed by atoms with Crippen molar-refractivity contribution in [1.29, 1.82) is 0 Å². The fraction of sp³-hybridized carbons (Fsp3) is 0.391. The maximum absolute atomic E-state index is 13.0. The van der Waals surface area contributed by atoms with Crippen LogP contribution in [0.3, 0.4) is 0 Å². The zero-order valence-electron chi connectivity index (χ0n) is 16.7. The monoisotopic (exact) mass is 412 g/mol. The van der Waals surface area contributed by atoms with E-state index in [1.54, 1.807) is 24.3 Å². The summed E-state index contributed by atoms with van der Waals surface area (Å²) >= 11 is 6.05. The number of likely N-dealkylation sites (tertiary alicyclic amines) is 1. The van der Waals surface area contributed by atoms with E-state index in [1.165, 1.54) is 26.4 Å². The first-order valence-corrected chi connectivity index (χ1v) is 10.4. The van der Waals surface area contributed by atoms with Gasteiger partial charge < -0.3 is 15.0 Å². The highest BCUT2D eigenvalue weighted by Gasteiger charge is 2.38. The van der Waals surface area contributed by atoms with E-state index in [9.17, 15) is 9.59 Å². The number of rotatable bonds is 4. The summed E-state index contributed by atoms with van der Waals surface area (Å²) in [6.07, 6.45) is 3.74. The Morgan fingerprint density at radius 1 is 1.10 bits per heavy atom. The van der Waals surface area contributed by atoms with Gasteiger partial charge in [-0.2, -0.15) is 0 Å². The number of ether oxygens (including phenoxy) is 1. The summed E-state index contributed by atoms with van der Waals surface area (Å²) in [5.74, 6) is 1.46. The number of carbonyl (C=O) groups is 2. The number of nitrogens with zero attached hydrogens (tertiary/aromatic N) is 1. The van der Waals surface area contributed by atoms with Gasteiger partial charge in [0.05, 0.1) is 12.7 Å². The number of anilines is 1. The number of hydrogen-bond acceptors (Lipinski definition) is 3. The standard InChI is InChI=1S/C23H25ClN2O3/c1-14-6-7-15(23(28)26-12-16-4-3-5-17(16)13-26)10-20(14)25-22(27)19-11-18(24)8-9-21(19)29-2/h6-11,16-17H,3-5,12-13H2,1-2H3,(H,25,27)/t16-,17+. The molecule has 1 N–H and O–H groups in total. The first-order chi connectivity index (χ1) is 14.0. The van der Waals surface area contributed by atoms with E-state index in [0.29, 0.717) is 39.4 Å². The Morgan fingerprint density at radius 2 is 1.83 bits per heavy atom. The lowest BCUT2D eigenvalue weighted by Crippen LogP contribution is -2.29. The third kappa shape index (κ3) is 3.97. The van der Waals surface area contributed by atoms with Crippen molar-refractivity contribution < 1.29 is 14.3 Å². The summed E-state index contributed by atoms with van der Waals surface area (Å²) in [5, 5.41) is 3.36. The number of halogens is 1. The van der Waals surface area contributed by atoms with Crippen molar-refractivity contribution in [2.24, 2.45) is 11.8 Å². The Kier molecular flexibility index (Phi) is 5.50. The summed E-state index contributed by atoms with van der Waals surface area (Å²) in [4.78, 5) is 27.8. The number of hydrogen-bond donors (Lipinski definition) is 1. The Balaban J connectivity index is 1.54. The molecular formula is C23H25ClN2O3. The van der Waals surface area contributed by atoms with E-state index in [2.05, 4.69) is 5.32 Å². The predicted molar refractivity (Wildman–Crippen MR) is 114 cm³/mol. The van der Waals surface area contributed by atoms with Crippen molar-refractivity contribution in [2.45, 2.75) is 26.2 Å². The number of aryl methyl sites for hydroxylation is 1. The second-order valence-electron chi connectivity index (χ2n) is 7.99. The molecule has 0 bridgehead atoms. The van der Waals surface area contributed by atoms with Gasteiger partial charge in [0, 0.05) is 29.4 Å². The number of carbonyl (C=O) groups excluding carboxylic acids is 2. The average Bonchev–Trinajstić information content (AvgIpc) is 3.31. The minimum atomic E-state index is -0.326. The minimum Gasteiger partial charge on any atom is -0.496 e. The van der Waals surface area contributed by atoms with Gasteiger partial charge in [0.15, 0.2) is 0 Å². The smallest absolute Gasteiger partial charge is 0.259 e. The Hall–Kier alpha value is -2.53. The van der Waals surface area contributed by atoms with Gasteiger partial charge in [-0.05, 0) is 67.5 Å². The van der Waals surface area contributed by atoms with Crippen LogP contribution in [0.4, 0.5) is 5.69 Å². The van der Waals surface area contributed by atoms with Crippen LogP contribution >= 0.6 is 11.6 Å². The minimum absolute atomic E-state index is 0.0373. The van der Waals surface area contributed by atoms with Gasteiger partial charge in [0.1, 0.15) is 5.75 Å². The number of fused-ring (bicyclic) bond motifs is 1. The largest absolute Gasteiger partial charge is 0.496 e. The maximum atomic E-state index is 13.0. The molecule has 29 heavy (non-hydrogen) atoms. The van der Waals surface area contributed by atoms with Gasteiger partial charge in [0.25, 0.3) is 11.8 Å². The molecule has 1 aliphatic heterocycles. The third-order valence-electron chi connectivity index (χ3n) is 6.15. The lowest BCUT2D eigenvalue weighted by molar-refractivity contribution is 0.0780. The highest BCUT2D eigenvalue weighted by molar-refractivity contribution is 6.31. The van der Waals surface area contributed by atoms with Crippen LogP contribution in [0.2, 0.25) is 5.02 Å². The van der Waals surface area contributed by atoms with Crippen LogP contribution in [0.1, 0.15) is 45.5 Å². The van der Waals surface area contributed by atoms with E-state index >= 15 is 0 Å². The molecule has 1 heterocycles. The summed E-state index contributed by atoms with van der Waals surface area (Å²) in [5.41, 5.74) is 2.45. The summed E-state index contributed by atoms with van der Waals surface area (Å²) < 4.78 is 5.27. The highest BCUT2D eigenvalue weighted by atomic mass is 35.5. The average molecular weight is 413 g/mol. The van der Waals surface area contributed by atoms with Crippen LogP contribution in [0.15, 0.2) is 36.4 Å². The Bertz CT molecular complexity index is 947. The number of benzene rings is 2. The molecule has 2 aromatic rings. The molecule has 2 atom stereocenters. The predicted octanol–water partition coefficient (Wildman–Crippen LogP) is 4.78. The van der Waals surface area contributed by atoms with Crippen molar-refractivity contribution in [3.05, 3.63) is 58.1 Å². The van der Waals surface area contributed by atoms with Gasteiger partial charge in [-0.15, -0.1) is 0 Å².